The molecule has 1 atom stereocenters. The second-order valence-electron chi connectivity index (χ2n) is 7.28. The van der Waals surface area contributed by atoms with Gasteiger partial charge in [-0.15, -0.1) is 0 Å². The molecule has 1 fully saturated rings. The molecule has 1 amide bonds. The van der Waals surface area contributed by atoms with Gasteiger partial charge >= 0.3 is 0 Å². The van der Waals surface area contributed by atoms with Crippen LogP contribution >= 0.6 is 11.6 Å². The molecule has 2 heterocycles. The molecule has 0 spiro atoms. The summed E-state index contributed by atoms with van der Waals surface area (Å²) in [6.45, 7) is 6.66. The smallest absolute Gasteiger partial charge is 0.220 e. The van der Waals surface area contributed by atoms with Crippen molar-refractivity contribution in [2.45, 2.75) is 52.2 Å². The van der Waals surface area contributed by atoms with Gasteiger partial charge in [0.25, 0.3) is 0 Å². The zero-order valence-corrected chi connectivity index (χ0v) is 16.8. The lowest BCUT2D eigenvalue weighted by atomic mass is 9.93. The van der Waals surface area contributed by atoms with Crippen LogP contribution in [0.2, 0.25) is 5.02 Å². The van der Waals surface area contributed by atoms with E-state index in [0.717, 1.165) is 44.0 Å². The number of hydrogen-bond acceptors (Lipinski definition) is 3. The molecule has 1 aliphatic rings. The van der Waals surface area contributed by atoms with Crippen LogP contribution in [0.5, 0.6) is 0 Å². The molecule has 2 aromatic rings. The van der Waals surface area contributed by atoms with Crippen molar-refractivity contribution in [1.29, 1.82) is 0 Å². The topological polar surface area (TPSA) is 50.2 Å². The van der Waals surface area contributed by atoms with Crippen LogP contribution in [0.1, 0.15) is 44.0 Å². The van der Waals surface area contributed by atoms with Gasteiger partial charge in [-0.25, -0.2) is 4.98 Å². The molecule has 5 nitrogen and oxygen atoms in total. The van der Waals surface area contributed by atoms with Gasteiger partial charge in [-0.2, -0.15) is 0 Å². The lowest BCUT2D eigenvalue weighted by Crippen LogP contribution is -2.36. The molecule has 1 aliphatic heterocycles. The molecule has 0 radical (unpaired) electrons. The van der Waals surface area contributed by atoms with E-state index < -0.39 is 0 Å². The molecule has 1 aromatic heterocycles. The number of halogens is 1. The highest BCUT2D eigenvalue weighted by Gasteiger charge is 2.21. The lowest BCUT2D eigenvalue weighted by Gasteiger charge is -2.32. The number of carbonyl (C=O) groups is 1. The maximum Gasteiger partial charge on any atom is 0.220 e. The zero-order valence-electron chi connectivity index (χ0n) is 16.0. The maximum atomic E-state index is 12.2. The molecule has 1 N–H and O–H groups in total. The highest BCUT2D eigenvalue weighted by Crippen LogP contribution is 2.22. The molecule has 27 heavy (non-hydrogen) atoms. The number of aryl methyl sites for hydroxylation is 1. The largest absolute Gasteiger partial charge is 0.352 e. The van der Waals surface area contributed by atoms with Crippen LogP contribution < -0.4 is 5.32 Å². The average molecular weight is 389 g/mol. The number of benzene rings is 1. The summed E-state index contributed by atoms with van der Waals surface area (Å²) < 4.78 is 2.20. The lowest BCUT2D eigenvalue weighted by molar-refractivity contribution is -0.121. The summed E-state index contributed by atoms with van der Waals surface area (Å²) in [5, 5.41) is 3.69. The van der Waals surface area contributed by atoms with Gasteiger partial charge in [0.15, 0.2) is 0 Å². The number of imidazole rings is 1. The Morgan fingerprint density at radius 3 is 3.04 bits per heavy atom. The van der Waals surface area contributed by atoms with E-state index in [0.29, 0.717) is 23.9 Å². The van der Waals surface area contributed by atoms with E-state index in [4.69, 9.17) is 11.6 Å². The molecule has 0 aliphatic carbocycles. The Balaban J connectivity index is 1.41. The summed E-state index contributed by atoms with van der Waals surface area (Å²) in [5.74, 6) is 1.82. The van der Waals surface area contributed by atoms with Crippen molar-refractivity contribution in [2.24, 2.45) is 5.92 Å². The van der Waals surface area contributed by atoms with E-state index in [-0.39, 0.29) is 5.91 Å². The van der Waals surface area contributed by atoms with Gasteiger partial charge in [0.1, 0.15) is 5.82 Å². The predicted octanol–water partition coefficient (Wildman–Crippen LogP) is 3.87. The Kier molecular flexibility index (Phi) is 7.30. The Morgan fingerprint density at radius 2 is 2.22 bits per heavy atom. The molecule has 0 unspecified atom stereocenters. The number of nitrogens with one attached hydrogen (secondary N) is 1. The third-order valence-electron chi connectivity index (χ3n) is 5.32. The second-order valence-corrected chi connectivity index (χ2v) is 7.69. The van der Waals surface area contributed by atoms with Crippen molar-refractivity contribution in [2.75, 3.05) is 13.1 Å². The number of rotatable bonds is 8. The number of carbonyl (C=O) groups excluding carboxylic acids is 1. The van der Waals surface area contributed by atoms with Gasteiger partial charge in [0.2, 0.25) is 5.91 Å². The average Bonchev–Trinajstić information content (AvgIpc) is 3.13. The minimum absolute atomic E-state index is 0.105. The standard InChI is InChI=1S/C21H29ClN4O/c1-2-26-13-11-23-20(26)16-25-12-5-6-17(15-25)9-10-21(27)24-14-18-7-3-4-8-19(18)22/h3-4,7-8,11,13,17H,2,5-6,9-10,12,14-16H2,1H3,(H,24,27)/t17-/m1/s1. The first kappa shape index (κ1) is 19.9. The Morgan fingerprint density at radius 1 is 1.37 bits per heavy atom. The number of likely N-dealkylation sites (tertiary alicyclic amines) is 1. The quantitative estimate of drug-likeness (QED) is 0.746. The first-order valence-corrected chi connectivity index (χ1v) is 10.3. The van der Waals surface area contributed by atoms with Crippen molar-refractivity contribution in [3.63, 3.8) is 0 Å². The van der Waals surface area contributed by atoms with Gasteiger partial charge in [0.05, 0.1) is 6.54 Å². The van der Waals surface area contributed by atoms with Crippen molar-refractivity contribution in [1.82, 2.24) is 19.8 Å². The number of amides is 1. The van der Waals surface area contributed by atoms with Gasteiger partial charge in [0, 0.05) is 43.5 Å². The van der Waals surface area contributed by atoms with Gasteiger partial charge in [-0.05, 0) is 50.3 Å². The molecular formula is C21H29ClN4O. The summed E-state index contributed by atoms with van der Waals surface area (Å²) >= 11 is 6.14. The van der Waals surface area contributed by atoms with Crippen molar-refractivity contribution < 1.29 is 4.79 Å². The van der Waals surface area contributed by atoms with Gasteiger partial charge in [-0.3, -0.25) is 9.69 Å². The summed E-state index contributed by atoms with van der Waals surface area (Å²) in [7, 11) is 0. The van der Waals surface area contributed by atoms with E-state index in [2.05, 4.69) is 26.7 Å². The van der Waals surface area contributed by atoms with Crippen LogP contribution in [0.4, 0.5) is 0 Å². The molecule has 0 saturated carbocycles. The number of piperidine rings is 1. The van der Waals surface area contributed by atoms with E-state index in [1.165, 1.54) is 12.8 Å². The fourth-order valence-corrected chi connectivity index (χ4v) is 3.97. The normalized spacial score (nSPS) is 17.8. The van der Waals surface area contributed by atoms with Crippen LogP contribution in [-0.4, -0.2) is 33.4 Å². The maximum absolute atomic E-state index is 12.2. The van der Waals surface area contributed by atoms with E-state index in [9.17, 15) is 4.79 Å². The zero-order chi connectivity index (χ0) is 19.1. The van der Waals surface area contributed by atoms with E-state index >= 15 is 0 Å². The van der Waals surface area contributed by atoms with E-state index in [1.54, 1.807) is 0 Å². The van der Waals surface area contributed by atoms with Crippen LogP contribution in [0, 0.1) is 5.92 Å². The number of aromatic nitrogens is 2. The SMILES string of the molecule is CCn1ccnc1CN1CCC[C@H](CCC(=O)NCc2ccccc2Cl)C1. The summed E-state index contributed by atoms with van der Waals surface area (Å²) in [6, 6.07) is 7.63. The Labute approximate surface area is 166 Å². The number of hydrogen-bond donors (Lipinski definition) is 1. The van der Waals surface area contributed by atoms with Crippen LogP contribution in [0.25, 0.3) is 0 Å². The third-order valence-corrected chi connectivity index (χ3v) is 5.69. The van der Waals surface area contributed by atoms with Crippen molar-refractivity contribution in [3.8, 4) is 0 Å². The summed E-state index contributed by atoms with van der Waals surface area (Å²) in [6.07, 6.45) is 7.83. The molecule has 0 bridgehead atoms. The van der Waals surface area contributed by atoms with Gasteiger partial charge < -0.3 is 9.88 Å². The first-order valence-electron chi connectivity index (χ1n) is 9.88. The monoisotopic (exact) mass is 388 g/mol. The van der Waals surface area contributed by atoms with Crippen LogP contribution in [-0.2, 0) is 24.4 Å². The van der Waals surface area contributed by atoms with E-state index in [1.807, 2.05) is 36.7 Å². The molecule has 6 heteroatoms. The van der Waals surface area contributed by atoms with Crippen LogP contribution in [0.15, 0.2) is 36.7 Å². The minimum Gasteiger partial charge on any atom is -0.352 e. The Bertz CT molecular complexity index is 745. The highest BCUT2D eigenvalue weighted by atomic mass is 35.5. The van der Waals surface area contributed by atoms with Crippen molar-refractivity contribution >= 4 is 17.5 Å². The summed E-state index contributed by atoms with van der Waals surface area (Å²) in [5.41, 5.74) is 0.961. The fraction of sp³-hybridized carbons (Fsp3) is 0.524. The molecule has 146 valence electrons. The molecule has 1 aromatic carbocycles. The molecular weight excluding hydrogens is 360 g/mol. The highest BCUT2D eigenvalue weighted by molar-refractivity contribution is 6.31. The first-order chi connectivity index (χ1) is 13.2. The third kappa shape index (κ3) is 5.81. The van der Waals surface area contributed by atoms with Crippen LogP contribution in [0.3, 0.4) is 0 Å². The summed E-state index contributed by atoms with van der Waals surface area (Å²) in [4.78, 5) is 19.2. The number of nitrogens with zero attached hydrogens (tertiary/aromatic N) is 3. The van der Waals surface area contributed by atoms with Gasteiger partial charge in [-0.1, -0.05) is 29.8 Å². The minimum atomic E-state index is 0.105. The Hall–Kier alpha value is -1.85. The van der Waals surface area contributed by atoms with Crippen molar-refractivity contribution in [3.05, 3.63) is 53.1 Å². The molecule has 3 rings (SSSR count). The predicted molar refractivity (Wildman–Crippen MR) is 108 cm³/mol. The fourth-order valence-electron chi connectivity index (χ4n) is 3.77. The second kappa shape index (κ2) is 9.90. The molecule has 1 saturated heterocycles.